The number of halogens is 1. The monoisotopic (exact) mass is 378 g/mol. The van der Waals surface area contributed by atoms with E-state index in [1.165, 1.54) is 43.3 Å². The molecule has 1 amide bonds. The summed E-state index contributed by atoms with van der Waals surface area (Å²) in [5.74, 6) is -1.33. The van der Waals surface area contributed by atoms with E-state index >= 15 is 0 Å². The first kappa shape index (κ1) is 19.7. The van der Waals surface area contributed by atoms with Crippen LogP contribution in [0.2, 0.25) is 0 Å². The van der Waals surface area contributed by atoms with Crippen LogP contribution in [-0.4, -0.2) is 26.7 Å². The molecule has 0 fully saturated rings. The average molecular weight is 378 g/mol. The van der Waals surface area contributed by atoms with E-state index < -0.39 is 21.7 Å². The molecule has 0 saturated carbocycles. The first-order valence-electron chi connectivity index (χ1n) is 7.86. The molecule has 2 rings (SSSR count). The number of hydrogen-bond donors (Lipinski definition) is 2. The highest BCUT2D eigenvalue weighted by Gasteiger charge is 2.16. The summed E-state index contributed by atoms with van der Waals surface area (Å²) in [6.07, 6.45) is -0.168. The van der Waals surface area contributed by atoms with Crippen LogP contribution in [0.4, 0.5) is 10.1 Å². The largest absolute Gasteiger partial charge is 0.324 e. The van der Waals surface area contributed by atoms with Crippen LogP contribution in [0.3, 0.4) is 0 Å². The van der Waals surface area contributed by atoms with Crippen molar-refractivity contribution in [1.29, 1.82) is 0 Å². The lowest BCUT2D eigenvalue weighted by atomic mass is 10.2. The molecule has 26 heavy (non-hydrogen) atoms. The van der Waals surface area contributed by atoms with Crippen LogP contribution in [0.1, 0.15) is 29.3 Å². The van der Waals surface area contributed by atoms with Crippen molar-refractivity contribution in [2.45, 2.75) is 25.2 Å². The number of Topliss-reactive ketones (excluding diaryl/α,β-unsaturated/α-hetero) is 1. The van der Waals surface area contributed by atoms with Gasteiger partial charge in [0.05, 0.1) is 10.6 Å². The molecule has 0 atom stereocenters. The number of amides is 1. The number of sulfonamides is 1. The number of anilines is 1. The Kier molecular flexibility index (Phi) is 6.23. The van der Waals surface area contributed by atoms with Crippen LogP contribution >= 0.6 is 0 Å². The van der Waals surface area contributed by atoms with Crippen molar-refractivity contribution >= 4 is 27.4 Å². The van der Waals surface area contributed by atoms with Crippen molar-refractivity contribution in [1.82, 2.24) is 4.72 Å². The molecule has 2 N–H and O–H groups in total. The molecule has 0 saturated heterocycles. The smallest absolute Gasteiger partial charge is 0.240 e. The molecular weight excluding hydrogens is 359 g/mol. The summed E-state index contributed by atoms with van der Waals surface area (Å²) in [4.78, 5) is 23.2. The molecule has 2 aromatic rings. The van der Waals surface area contributed by atoms with Crippen molar-refractivity contribution in [3.63, 3.8) is 0 Å². The molecule has 8 heteroatoms. The Morgan fingerprint density at radius 3 is 2.54 bits per heavy atom. The lowest BCUT2D eigenvalue weighted by molar-refractivity contribution is -0.116. The highest BCUT2D eigenvalue weighted by atomic mass is 32.2. The fourth-order valence-corrected chi connectivity index (χ4v) is 3.29. The highest BCUT2D eigenvalue weighted by molar-refractivity contribution is 7.89. The van der Waals surface area contributed by atoms with Gasteiger partial charge in [-0.05, 0) is 43.7 Å². The molecule has 0 bridgehead atoms. The fourth-order valence-electron chi connectivity index (χ4n) is 2.21. The Morgan fingerprint density at radius 1 is 1.12 bits per heavy atom. The summed E-state index contributed by atoms with van der Waals surface area (Å²) >= 11 is 0. The van der Waals surface area contributed by atoms with E-state index in [4.69, 9.17) is 0 Å². The van der Waals surface area contributed by atoms with E-state index in [-0.39, 0.29) is 34.9 Å². The molecular formula is C18H19FN2O4S. The summed E-state index contributed by atoms with van der Waals surface area (Å²) in [7, 11) is -3.86. The van der Waals surface area contributed by atoms with Gasteiger partial charge in [0.25, 0.3) is 0 Å². The predicted molar refractivity (Wildman–Crippen MR) is 96.0 cm³/mol. The zero-order valence-corrected chi connectivity index (χ0v) is 15.2. The Morgan fingerprint density at radius 2 is 1.85 bits per heavy atom. The second-order valence-corrected chi connectivity index (χ2v) is 7.53. The van der Waals surface area contributed by atoms with Crippen LogP contribution < -0.4 is 10.0 Å². The zero-order chi connectivity index (χ0) is 19.3. The molecule has 0 aliphatic rings. The number of rotatable bonds is 7. The third-order valence-corrected chi connectivity index (χ3v) is 5.05. The third-order valence-electron chi connectivity index (χ3n) is 3.59. The minimum Gasteiger partial charge on any atom is -0.324 e. The molecule has 138 valence electrons. The van der Waals surface area contributed by atoms with E-state index in [9.17, 15) is 22.4 Å². The molecule has 6 nitrogen and oxygen atoms in total. The van der Waals surface area contributed by atoms with Crippen molar-refractivity contribution in [2.75, 3.05) is 11.9 Å². The molecule has 0 heterocycles. The summed E-state index contributed by atoms with van der Waals surface area (Å²) in [5.41, 5.74) is 1.11. The third kappa shape index (κ3) is 5.21. The van der Waals surface area contributed by atoms with E-state index in [1.807, 2.05) is 0 Å². The van der Waals surface area contributed by atoms with Gasteiger partial charge in [-0.1, -0.05) is 18.2 Å². The molecule has 0 aliphatic heterocycles. The van der Waals surface area contributed by atoms with E-state index in [0.717, 1.165) is 5.56 Å². The molecule has 0 spiro atoms. The first-order chi connectivity index (χ1) is 12.2. The number of benzene rings is 2. The summed E-state index contributed by atoms with van der Waals surface area (Å²) in [5, 5.41) is 2.41. The maximum absolute atomic E-state index is 13.6. The highest BCUT2D eigenvalue weighted by Crippen LogP contribution is 2.16. The van der Waals surface area contributed by atoms with E-state index in [1.54, 1.807) is 13.0 Å². The van der Waals surface area contributed by atoms with E-state index in [2.05, 4.69) is 10.0 Å². The summed E-state index contributed by atoms with van der Waals surface area (Å²) in [6.45, 7) is 2.94. The molecule has 2 aromatic carbocycles. The van der Waals surface area contributed by atoms with Gasteiger partial charge in [0.1, 0.15) is 5.82 Å². The molecule has 0 aliphatic carbocycles. The van der Waals surface area contributed by atoms with Gasteiger partial charge in [-0.25, -0.2) is 17.5 Å². The quantitative estimate of drug-likeness (QED) is 0.725. The SMILES string of the molecule is CC(=O)c1cccc(S(=O)(=O)NCCC(=O)Nc2cc(C)ccc2F)c1. The Bertz CT molecular complexity index is 942. The number of hydrogen-bond acceptors (Lipinski definition) is 4. The van der Waals surface area contributed by atoms with Crippen molar-refractivity contribution in [3.8, 4) is 0 Å². The van der Waals surface area contributed by atoms with Crippen LogP contribution in [0.15, 0.2) is 47.4 Å². The molecule has 0 radical (unpaired) electrons. The van der Waals surface area contributed by atoms with Gasteiger partial charge in [-0.3, -0.25) is 9.59 Å². The van der Waals surface area contributed by atoms with Gasteiger partial charge >= 0.3 is 0 Å². The Balaban J connectivity index is 1.96. The minimum atomic E-state index is -3.86. The maximum atomic E-state index is 13.6. The van der Waals surface area contributed by atoms with Crippen molar-refractivity contribution in [2.24, 2.45) is 0 Å². The Hall–Kier alpha value is -2.58. The number of aryl methyl sites for hydroxylation is 1. The topological polar surface area (TPSA) is 92.3 Å². The van der Waals surface area contributed by atoms with Gasteiger partial charge in [0.15, 0.2) is 5.78 Å². The number of ketones is 1. The molecule has 0 aromatic heterocycles. The van der Waals surface area contributed by atoms with Gasteiger partial charge in [0, 0.05) is 18.5 Å². The van der Waals surface area contributed by atoms with Gasteiger partial charge in [-0.2, -0.15) is 0 Å². The second-order valence-electron chi connectivity index (χ2n) is 5.76. The minimum absolute atomic E-state index is 0.0482. The zero-order valence-electron chi connectivity index (χ0n) is 14.4. The average Bonchev–Trinajstić information content (AvgIpc) is 2.58. The number of nitrogens with one attached hydrogen (secondary N) is 2. The fraction of sp³-hybridized carbons (Fsp3) is 0.222. The van der Waals surface area contributed by atoms with Crippen molar-refractivity contribution in [3.05, 3.63) is 59.4 Å². The van der Waals surface area contributed by atoms with Gasteiger partial charge in [-0.15, -0.1) is 0 Å². The number of carbonyl (C=O) groups is 2. The van der Waals surface area contributed by atoms with Gasteiger partial charge in [0.2, 0.25) is 15.9 Å². The van der Waals surface area contributed by atoms with Crippen LogP contribution in [0, 0.1) is 12.7 Å². The van der Waals surface area contributed by atoms with E-state index in [0.29, 0.717) is 0 Å². The first-order valence-corrected chi connectivity index (χ1v) is 9.34. The van der Waals surface area contributed by atoms with Crippen LogP contribution in [-0.2, 0) is 14.8 Å². The van der Waals surface area contributed by atoms with Crippen LogP contribution in [0.25, 0.3) is 0 Å². The molecule has 0 unspecified atom stereocenters. The van der Waals surface area contributed by atoms with Gasteiger partial charge < -0.3 is 5.32 Å². The Labute approximate surface area is 151 Å². The standard InChI is InChI=1S/C18H19FN2O4S/c1-12-6-7-16(19)17(10-12)21-18(23)8-9-20-26(24,25)15-5-3-4-14(11-15)13(2)22/h3-7,10-11,20H,8-9H2,1-2H3,(H,21,23). The normalized spacial score (nSPS) is 11.2. The van der Waals surface area contributed by atoms with Crippen LogP contribution in [0.5, 0.6) is 0 Å². The second kappa shape index (κ2) is 8.20. The summed E-state index contributed by atoms with van der Waals surface area (Å²) in [6, 6.07) is 9.93. The van der Waals surface area contributed by atoms with Crippen molar-refractivity contribution < 1.29 is 22.4 Å². The maximum Gasteiger partial charge on any atom is 0.240 e. The lowest BCUT2D eigenvalue weighted by Gasteiger charge is -2.09. The predicted octanol–water partition coefficient (Wildman–Crippen LogP) is 2.64. The lowest BCUT2D eigenvalue weighted by Crippen LogP contribution is -2.28. The number of carbonyl (C=O) groups excluding carboxylic acids is 2. The summed E-state index contributed by atoms with van der Waals surface area (Å²) < 4.78 is 40.4.